The average molecular weight is 293 g/mol. The first-order valence-corrected chi connectivity index (χ1v) is 7.32. The second-order valence-corrected chi connectivity index (χ2v) is 5.48. The fraction of sp³-hybridized carbons (Fsp3) is 0.562. The van der Waals surface area contributed by atoms with Gasteiger partial charge in [-0.05, 0) is 49.4 Å². The Bertz CT molecular complexity index is 489. The van der Waals surface area contributed by atoms with E-state index in [4.69, 9.17) is 9.47 Å². The van der Waals surface area contributed by atoms with Gasteiger partial charge >= 0.3 is 0 Å². The number of hydrogen-bond acceptors (Lipinski definition) is 4. The number of nitrogens with one attached hydrogen (secondary N) is 1. The molecule has 1 aliphatic rings. The summed E-state index contributed by atoms with van der Waals surface area (Å²) < 4.78 is 10.5. The maximum Gasteiger partial charge on any atom is 0.258 e. The van der Waals surface area contributed by atoms with Gasteiger partial charge in [-0.3, -0.25) is 4.79 Å². The molecule has 0 saturated carbocycles. The van der Waals surface area contributed by atoms with Crippen LogP contribution < -0.4 is 10.1 Å². The van der Waals surface area contributed by atoms with E-state index in [2.05, 4.69) is 5.32 Å². The number of methoxy groups -OCH3 is 1. The van der Waals surface area contributed by atoms with Crippen molar-refractivity contribution in [3.05, 3.63) is 29.3 Å². The van der Waals surface area contributed by atoms with Crippen LogP contribution in [-0.4, -0.2) is 37.4 Å². The molecule has 0 aromatic heterocycles. The number of rotatable bonds is 6. The topological polar surface area (TPSA) is 67.8 Å². The Hall–Kier alpha value is -1.59. The first kappa shape index (κ1) is 15.8. The Kier molecular flexibility index (Phi) is 5.59. The molecule has 1 aromatic carbocycles. The average Bonchev–Trinajstić information content (AvgIpc) is 2.46. The van der Waals surface area contributed by atoms with E-state index in [0.717, 1.165) is 24.8 Å². The number of aliphatic hydroxyl groups excluding tert-OH is 1. The second-order valence-electron chi connectivity index (χ2n) is 5.48. The fourth-order valence-electron chi connectivity index (χ4n) is 2.60. The number of amides is 1. The lowest BCUT2D eigenvalue weighted by Crippen LogP contribution is -2.38. The normalized spacial score (nSPS) is 18.7. The van der Waals surface area contributed by atoms with Crippen molar-refractivity contribution >= 4 is 5.91 Å². The van der Waals surface area contributed by atoms with E-state index in [0.29, 0.717) is 12.4 Å². The molecule has 0 heterocycles. The summed E-state index contributed by atoms with van der Waals surface area (Å²) in [6, 6.07) is 5.61. The molecule has 21 heavy (non-hydrogen) atoms. The van der Waals surface area contributed by atoms with E-state index < -0.39 is 6.10 Å². The molecule has 0 saturated heterocycles. The van der Waals surface area contributed by atoms with Crippen molar-refractivity contribution in [2.75, 3.05) is 20.3 Å². The zero-order chi connectivity index (χ0) is 15.2. The van der Waals surface area contributed by atoms with Gasteiger partial charge in [0.15, 0.2) is 6.61 Å². The Labute approximate surface area is 125 Å². The van der Waals surface area contributed by atoms with Gasteiger partial charge in [0.1, 0.15) is 5.75 Å². The highest BCUT2D eigenvalue weighted by atomic mass is 16.5. The van der Waals surface area contributed by atoms with Crippen LogP contribution >= 0.6 is 0 Å². The van der Waals surface area contributed by atoms with E-state index in [-0.39, 0.29) is 18.6 Å². The van der Waals surface area contributed by atoms with Crippen LogP contribution in [0.25, 0.3) is 0 Å². The molecule has 0 aliphatic heterocycles. The molecule has 0 fully saturated rings. The van der Waals surface area contributed by atoms with Crippen LogP contribution in [0, 0.1) is 0 Å². The summed E-state index contributed by atoms with van der Waals surface area (Å²) in [4.78, 5) is 11.7. The zero-order valence-electron chi connectivity index (χ0n) is 12.6. The lowest BCUT2D eigenvalue weighted by molar-refractivity contribution is -0.124. The van der Waals surface area contributed by atoms with Crippen molar-refractivity contribution in [3.63, 3.8) is 0 Å². The monoisotopic (exact) mass is 293 g/mol. The molecule has 0 bridgehead atoms. The first-order chi connectivity index (χ1) is 10.1. The Morgan fingerprint density at radius 2 is 2.33 bits per heavy atom. The first-order valence-electron chi connectivity index (χ1n) is 7.32. The summed E-state index contributed by atoms with van der Waals surface area (Å²) in [5.74, 6) is 0.432. The van der Waals surface area contributed by atoms with Crippen LogP contribution in [0.1, 0.15) is 37.0 Å². The quantitative estimate of drug-likeness (QED) is 0.836. The van der Waals surface area contributed by atoms with Crippen molar-refractivity contribution in [3.8, 4) is 5.75 Å². The molecular weight excluding hydrogens is 270 g/mol. The van der Waals surface area contributed by atoms with E-state index in [1.165, 1.54) is 5.56 Å². The van der Waals surface area contributed by atoms with E-state index >= 15 is 0 Å². The van der Waals surface area contributed by atoms with E-state index in [9.17, 15) is 9.90 Å². The van der Waals surface area contributed by atoms with E-state index in [1.807, 2.05) is 25.1 Å². The minimum absolute atomic E-state index is 0.0388. The van der Waals surface area contributed by atoms with Crippen molar-refractivity contribution in [1.82, 2.24) is 5.32 Å². The minimum atomic E-state index is -0.423. The van der Waals surface area contributed by atoms with Crippen molar-refractivity contribution in [2.45, 2.75) is 38.3 Å². The summed E-state index contributed by atoms with van der Waals surface area (Å²) in [5.41, 5.74) is 2.09. The standard InChI is InChI=1S/C16H23NO4/c1-11(9-20-2)17-16(19)10-21-13-7-6-12-4-3-5-15(18)14(12)8-13/h6-8,11,15,18H,3-5,9-10H2,1-2H3,(H,17,19). The van der Waals surface area contributed by atoms with E-state index in [1.54, 1.807) is 7.11 Å². The fourth-order valence-corrected chi connectivity index (χ4v) is 2.60. The molecule has 5 nitrogen and oxygen atoms in total. The Morgan fingerprint density at radius 3 is 3.10 bits per heavy atom. The van der Waals surface area contributed by atoms with Crippen LogP contribution in [0.2, 0.25) is 0 Å². The van der Waals surface area contributed by atoms with Gasteiger partial charge in [-0.2, -0.15) is 0 Å². The molecule has 1 amide bonds. The van der Waals surface area contributed by atoms with Gasteiger partial charge in [0.25, 0.3) is 5.91 Å². The summed E-state index contributed by atoms with van der Waals surface area (Å²) in [6.07, 6.45) is 2.36. The van der Waals surface area contributed by atoms with Gasteiger partial charge in [-0.25, -0.2) is 0 Å². The van der Waals surface area contributed by atoms with Crippen molar-refractivity contribution in [2.24, 2.45) is 0 Å². The maximum absolute atomic E-state index is 11.7. The Morgan fingerprint density at radius 1 is 1.52 bits per heavy atom. The van der Waals surface area contributed by atoms with Crippen LogP contribution in [0.5, 0.6) is 5.75 Å². The SMILES string of the molecule is COCC(C)NC(=O)COc1ccc2c(c1)C(O)CCC2. The van der Waals surface area contributed by atoms with Crippen molar-refractivity contribution in [1.29, 1.82) is 0 Å². The van der Waals surface area contributed by atoms with Gasteiger partial charge in [-0.1, -0.05) is 6.07 Å². The zero-order valence-corrected chi connectivity index (χ0v) is 12.6. The van der Waals surface area contributed by atoms with Gasteiger partial charge in [-0.15, -0.1) is 0 Å². The molecule has 116 valence electrons. The second kappa shape index (κ2) is 7.43. The van der Waals surface area contributed by atoms with Crippen LogP contribution in [-0.2, 0) is 16.0 Å². The maximum atomic E-state index is 11.7. The smallest absolute Gasteiger partial charge is 0.258 e. The number of fused-ring (bicyclic) bond motifs is 1. The molecule has 5 heteroatoms. The molecule has 0 spiro atoms. The van der Waals surface area contributed by atoms with Crippen molar-refractivity contribution < 1.29 is 19.4 Å². The number of benzene rings is 1. The van der Waals surface area contributed by atoms with Gasteiger partial charge in [0, 0.05) is 13.2 Å². The molecule has 1 aromatic rings. The molecule has 1 aliphatic carbocycles. The van der Waals surface area contributed by atoms with Gasteiger partial charge in [0.2, 0.25) is 0 Å². The van der Waals surface area contributed by atoms with Gasteiger partial charge < -0.3 is 19.9 Å². The highest BCUT2D eigenvalue weighted by Crippen LogP contribution is 2.32. The van der Waals surface area contributed by atoms with Crippen LogP contribution in [0.4, 0.5) is 0 Å². The highest BCUT2D eigenvalue weighted by molar-refractivity contribution is 5.77. The lowest BCUT2D eigenvalue weighted by atomic mass is 9.89. The number of hydrogen-bond donors (Lipinski definition) is 2. The summed E-state index contributed by atoms with van der Waals surface area (Å²) in [7, 11) is 1.59. The van der Waals surface area contributed by atoms with Crippen LogP contribution in [0.15, 0.2) is 18.2 Å². The highest BCUT2D eigenvalue weighted by Gasteiger charge is 2.18. The third-order valence-electron chi connectivity index (χ3n) is 3.59. The molecule has 2 unspecified atom stereocenters. The Balaban J connectivity index is 1.89. The number of aliphatic hydroxyl groups is 1. The third-order valence-corrected chi connectivity index (χ3v) is 3.59. The molecule has 0 radical (unpaired) electrons. The number of aryl methyl sites for hydroxylation is 1. The number of carbonyl (C=O) groups is 1. The molecule has 2 atom stereocenters. The molecule has 2 N–H and O–H groups in total. The predicted octanol–water partition coefficient (Wildman–Crippen LogP) is 1.59. The molecular formula is C16H23NO4. The summed E-state index contributed by atoms with van der Waals surface area (Å²) in [6.45, 7) is 2.30. The summed E-state index contributed by atoms with van der Waals surface area (Å²) >= 11 is 0. The third kappa shape index (κ3) is 4.44. The lowest BCUT2D eigenvalue weighted by Gasteiger charge is -2.22. The number of ether oxygens (including phenoxy) is 2. The van der Waals surface area contributed by atoms with Crippen LogP contribution in [0.3, 0.4) is 0 Å². The molecule has 2 rings (SSSR count). The largest absolute Gasteiger partial charge is 0.484 e. The predicted molar refractivity (Wildman–Crippen MR) is 79.3 cm³/mol. The van der Waals surface area contributed by atoms with Gasteiger partial charge in [0.05, 0.1) is 12.7 Å². The minimum Gasteiger partial charge on any atom is -0.484 e. The number of carbonyl (C=O) groups excluding carboxylic acids is 1. The summed E-state index contributed by atoms with van der Waals surface area (Å²) in [5, 5.41) is 12.8.